The second-order valence-electron chi connectivity index (χ2n) is 2.13. The molecular formula is C7H5ClFNO2. The third kappa shape index (κ3) is 1.33. The second-order valence-corrected chi connectivity index (χ2v) is 2.53. The highest BCUT2D eigenvalue weighted by Gasteiger charge is 2.14. The Morgan fingerprint density at radius 1 is 1.58 bits per heavy atom. The molecule has 5 heteroatoms. The number of carbonyl (C=O) groups is 1. The van der Waals surface area contributed by atoms with Crippen molar-refractivity contribution in [3.8, 4) is 0 Å². The Labute approximate surface area is 72.6 Å². The maximum absolute atomic E-state index is 12.9. The molecule has 0 amide bonds. The minimum absolute atomic E-state index is 0.0116. The van der Waals surface area contributed by atoms with Crippen molar-refractivity contribution in [1.82, 2.24) is 0 Å². The fourth-order valence-electron chi connectivity index (χ4n) is 0.735. The first kappa shape index (κ1) is 8.80. The Morgan fingerprint density at radius 2 is 2.17 bits per heavy atom. The number of benzene rings is 1. The highest BCUT2D eigenvalue weighted by atomic mass is 35.5. The third-order valence-corrected chi connectivity index (χ3v) is 1.69. The van der Waals surface area contributed by atoms with E-state index in [0.717, 1.165) is 6.07 Å². The van der Waals surface area contributed by atoms with Gasteiger partial charge >= 0.3 is 5.97 Å². The molecule has 0 saturated carbocycles. The monoisotopic (exact) mass is 189 g/mol. The Kier molecular flexibility index (Phi) is 2.19. The van der Waals surface area contributed by atoms with Gasteiger partial charge in [0.05, 0.1) is 16.3 Å². The van der Waals surface area contributed by atoms with Crippen molar-refractivity contribution in [1.29, 1.82) is 0 Å². The summed E-state index contributed by atoms with van der Waals surface area (Å²) in [7, 11) is 0. The number of nitrogens with two attached hydrogens (primary N) is 1. The van der Waals surface area contributed by atoms with Gasteiger partial charge in [-0.3, -0.25) is 0 Å². The van der Waals surface area contributed by atoms with Crippen LogP contribution in [0.25, 0.3) is 0 Å². The zero-order valence-corrected chi connectivity index (χ0v) is 6.60. The SMILES string of the molecule is Nc1c(Cl)ccc(C(=O)O)c1F. The van der Waals surface area contributed by atoms with Crippen LogP contribution in [0.3, 0.4) is 0 Å². The minimum Gasteiger partial charge on any atom is -0.478 e. The Hall–Kier alpha value is -1.29. The standard InChI is InChI=1S/C7H5ClFNO2/c8-4-2-1-3(7(11)12)5(9)6(4)10/h1-2H,10H2,(H,11,12). The largest absolute Gasteiger partial charge is 0.478 e. The molecule has 0 aliphatic carbocycles. The summed E-state index contributed by atoms with van der Waals surface area (Å²) in [6.07, 6.45) is 0. The third-order valence-electron chi connectivity index (χ3n) is 1.36. The van der Waals surface area contributed by atoms with Crippen LogP contribution in [0, 0.1) is 5.82 Å². The number of anilines is 1. The zero-order valence-electron chi connectivity index (χ0n) is 5.84. The van der Waals surface area contributed by atoms with Gasteiger partial charge in [0.15, 0.2) is 5.82 Å². The van der Waals surface area contributed by atoms with Gasteiger partial charge in [0.1, 0.15) is 0 Å². The summed E-state index contributed by atoms with van der Waals surface area (Å²) >= 11 is 5.43. The Morgan fingerprint density at radius 3 is 2.67 bits per heavy atom. The van der Waals surface area contributed by atoms with Crippen LogP contribution in [0.1, 0.15) is 10.4 Å². The summed E-state index contributed by atoms with van der Waals surface area (Å²) in [4.78, 5) is 10.3. The molecule has 0 atom stereocenters. The van der Waals surface area contributed by atoms with E-state index in [9.17, 15) is 9.18 Å². The van der Waals surface area contributed by atoms with Gasteiger partial charge in [0.25, 0.3) is 0 Å². The van der Waals surface area contributed by atoms with Crippen molar-refractivity contribution in [2.24, 2.45) is 0 Å². The number of carboxylic acid groups (broad SMARTS) is 1. The van der Waals surface area contributed by atoms with E-state index in [1.807, 2.05) is 0 Å². The number of rotatable bonds is 1. The summed E-state index contributed by atoms with van der Waals surface area (Å²) in [5.41, 5.74) is 4.34. The summed E-state index contributed by atoms with van der Waals surface area (Å²) in [5, 5.41) is 8.45. The maximum Gasteiger partial charge on any atom is 0.338 e. The molecule has 0 aromatic heterocycles. The molecule has 0 radical (unpaired) electrons. The molecule has 3 nitrogen and oxygen atoms in total. The lowest BCUT2D eigenvalue weighted by Crippen LogP contribution is -2.03. The second kappa shape index (κ2) is 2.98. The first-order valence-electron chi connectivity index (χ1n) is 3.01. The number of hydrogen-bond donors (Lipinski definition) is 2. The van der Waals surface area contributed by atoms with E-state index in [0.29, 0.717) is 0 Å². The molecule has 0 fully saturated rings. The average molecular weight is 190 g/mol. The smallest absolute Gasteiger partial charge is 0.338 e. The lowest BCUT2D eigenvalue weighted by Gasteiger charge is -2.01. The summed E-state index contributed by atoms with van der Waals surface area (Å²) < 4.78 is 12.9. The number of nitrogen functional groups attached to an aromatic ring is 1. The molecule has 0 spiro atoms. The summed E-state index contributed by atoms with van der Waals surface area (Å²) in [6, 6.07) is 2.31. The van der Waals surface area contributed by atoms with Gasteiger partial charge in [-0.25, -0.2) is 9.18 Å². The lowest BCUT2D eigenvalue weighted by atomic mass is 10.2. The van der Waals surface area contributed by atoms with Crippen LogP contribution in [0.5, 0.6) is 0 Å². The summed E-state index contributed by atoms with van der Waals surface area (Å²) in [6.45, 7) is 0. The van der Waals surface area contributed by atoms with Crippen LogP contribution in [-0.2, 0) is 0 Å². The lowest BCUT2D eigenvalue weighted by molar-refractivity contribution is 0.0692. The van der Waals surface area contributed by atoms with E-state index in [2.05, 4.69) is 0 Å². The van der Waals surface area contributed by atoms with E-state index in [1.54, 1.807) is 0 Å². The van der Waals surface area contributed by atoms with E-state index in [4.69, 9.17) is 22.4 Å². The molecule has 1 aromatic rings. The number of carboxylic acids is 1. The van der Waals surface area contributed by atoms with Crippen molar-refractivity contribution in [2.75, 3.05) is 5.73 Å². The van der Waals surface area contributed by atoms with Crippen LogP contribution in [-0.4, -0.2) is 11.1 Å². The number of hydrogen-bond acceptors (Lipinski definition) is 2. The van der Waals surface area contributed by atoms with Crippen molar-refractivity contribution < 1.29 is 14.3 Å². The molecule has 0 aliphatic rings. The molecule has 12 heavy (non-hydrogen) atoms. The van der Waals surface area contributed by atoms with Crippen LogP contribution in [0.15, 0.2) is 12.1 Å². The van der Waals surface area contributed by atoms with Gasteiger partial charge in [0.2, 0.25) is 0 Å². The number of aromatic carboxylic acids is 1. The van der Waals surface area contributed by atoms with E-state index in [-0.39, 0.29) is 10.7 Å². The Balaban J connectivity index is 3.36. The van der Waals surface area contributed by atoms with Gasteiger partial charge in [-0.05, 0) is 12.1 Å². The van der Waals surface area contributed by atoms with Crippen molar-refractivity contribution in [3.05, 3.63) is 28.5 Å². The van der Waals surface area contributed by atoms with Crippen molar-refractivity contribution >= 4 is 23.3 Å². The fraction of sp³-hybridized carbons (Fsp3) is 0. The Bertz CT molecular complexity index is 340. The summed E-state index contributed by atoms with van der Waals surface area (Å²) in [5.74, 6) is -2.36. The highest BCUT2D eigenvalue weighted by molar-refractivity contribution is 6.33. The zero-order chi connectivity index (χ0) is 9.30. The molecule has 0 aliphatic heterocycles. The van der Waals surface area contributed by atoms with Crippen LogP contribution < -0.4 is 5.73 Å². The van der Waals surface area contributed by atoms with Crippen LogP contribution in [0.2, 0.25) is 5.02 Å². The quantitative estimate of drug-likeness (QED) is 0.662. The molecule has 0 heterocycles. The average Bonchev–Trinajstić information content (AvgIpc) is 2.00. The molecule has 0 unspecified atom stereocenters. The predicted molar refractivity (Wildman–Crippen MR) is 42.8 cm³/mol. The fourth-order valence-corrected chi connectivity index (χ4v) is 0.880. The molecular weight excluding hydrogens is 185 g/mol. The maximum atomic E-state index is 12.9. The van der Waals surface area contributed by atoms with Gasteiger partial charge in [-0.1, -0.05) is 11.6 Å². The molecule has 1 rings (SSSR count). The molecule has 0 bridgehead atoms. The van der Waals surface area contributed by atoms with Gasteiger partial charge in [-0.2, -0.15) is 0 Å². The van der Waals surface area contributed by atoms with Gasteiger partial charge < -0.3 is 10.8 Å². The topological polar surface area (TPSA) is 63.3 Å². The van der Waals surface area contributed by atoms with Crippen LogP contribution in [0.4, 0.5) is 10.1 Å². The van der Waals surface area contributed by atoms with E-state index < -0.39 is 17.3 Å². The van der Waals surface area contributed by atoms with Gasteiger partial charge in [0, 0.05) is 0 Å². The molecule has 0 saturated heterocycles. The first-order chi connectivity index (χ1) is 5.54. The van der Waals surface area contributed by atoms with Crippen molar-refractivity contribution in [3.63, 3.8) is 0 Å². The molecule has 64 valence electrons. The van der Waals surface area contributed by atoms with E-state index in [1.165, 1.54) is 6.07 Å². The highest BCUT2D eigenvalue weighted by Crippen LogP contribution is 2.24. The first-order valence-corrected chi connectivity index (χ1v) is 3.38. The number of halogens is 2. The minimum atomic E-state index is -1.36. The van der Waals surface area contributed by atoms with Gasteiger partial charge in [-0.15, -0.1) is 0 Å². The van der Waals surface area contributed by atoms with Crippen molar-refractivity contribution in [2.45, 2.75) is 0 Å². The predicted octanol–water partition coefficient (Wildman–Crippen LogP) is 1.76. The normalized spacial score (nSPS) is 9.83. The molecule has 1 aromatic carbocycles. The van der Waals surface area contributed by atoms with Crippen LogP contribution >= 0.6 is 11.6 Å². The van der Waals surface area contributed by atoms with E-state index >= 15 is 0 Å². The molecule has 3 N–H and O–H groups in total.